The maximum Gasteiger partial charge on any atom is 0.0312 e. The third-order valence-electron chi connectivity index (χ3n) is 4.58. The molecular weight excluding hydrogens is 372 g/mol. The van der Waals surface area contributed by atoms with E-state index in [-0.39, 0.29) is 6.40 Å². The van der Waals surface area contributed by atoms with E-state index in [2.05, 4.69) is 86.4 Å². The summed E-state index contributed by atoms with van der Waals surface area (Å²) in [5.41, 5.74) is 6.79. The molecule has 2 unspecified atom stereocenters. The fraction of sp³-hybridized carbons (Fsp3) is 0.419. The smallest absolute Gasteiger partial charge is 0.0312 e. The van der Waals surface area contributed by atoms with Gasteiger partial charge in [0.1, 0.15) is 0 Å². The maximum absolute atomic E-state index is 7.52. The lowest BCUT2D eigenvalue weighted by atomic mass is 9.96. The zero-order valence-electron chi connectivity index (χ0n) is 22.4. The van der Waals surface area contributed by atoms with Gasteiger partial charge in [0.25, 0.3) is 0 Å². The molecule has 0 rings (SSSR count). The second-order valence-corrected chi connectivity index (χ2v) is 8.28. The Balaban J connectivity index is -0.000000395. The molecule has 0 aromatic heterocycles. The predicted molar refractivity (Wildman–Crippen MR) is 149 cm³/mol. The van der Waals surface area contributed by atoms with Gasteiger partial charge in [0.15, 0.2) is 0 Å². The number of hydrogen-bond acceptors (Lipinski definition) is 0. The van der Waals surface area contributed by atoms with Crippen molar-refractivity contribution >= 4 is 0 Å². The van der Waals surface area contributed by atoms with Gasteiger partial charge in [0.05, 0.1) is 0 Å². The van der Waals surface area contributed by atoms with E-state index in [4.69, 9.17) is 1.37 Å². The van der Waals surface area contributed by atoms with E-state index in [1.165, 1.54) is 11.1 Å². The minimum Gasteiger partial charge on any atom is -0.100 e. The normalized spacial score (nSPS) is 11.5. The molecule has 0 spiro atoms. The Morgan fingerprint density at radius 3 is 1.61 bits per heavy atom. The summed E-state index contributed by atoms with van der Waals surface area (Å²) in [6, 6.07) is 0. The first kappa shape index (κ1) is 30.9. The predicted octanol–water partition coefficient (Wildman–Crippen LogP) is 10.7. The fourth-order valence-corrected chi connectivity index (χ4v) is 2.00. The number of rotatable bonds is 14. The lowest BCUT2D eigenvalue weighted by Gasteiger charge is -2.09. The average molecular weight is 424 g/mol. The van der Waals surface area contributed by atoms with Crippen molar-refractivity contribution in [2.45, 2.75) is 79.5 Å². The van der Waals surface area contributed by atoms with Crippen molar-refractivity contribution in [3.8, 4) is 0 Å². The van der Waals surface area contributed by atoms with Crippen molar-refractivity contribution in [1.82, 2.24) is 0 Å². The summed E-state index contributed by atoms with van der Waals surface area (Å²) in [7, 11) is 0. The topological polar surface area (TPSA) is 0 Å². The third-order valence-corrected chi connectivity index (χ3v) is 4.58. The molecule has 174 valence electrons. The average Bonchev–Trinajstić information content (AvgIpc) is 2.75. The van der Waals surface area contributed by atoms with Crippen molar-refractivity contribution in [2.75, 3.05) is 0 Å². The highest BCUT2D eigenvalue weighted by Gasteiger charge is 2.01. The molecule has 31 heavy (non-hydrogen) atoms. The molecule has 0 aliphatic rings. The maximum atomic E-state index is 7.52. The van der Waals surface area contributed by atoms with Crippen LogP contribution in [0.2, 0.25) is 0 Å². The van der Waals surface area contributed by atoms with Crippen LogP contribution in [0.15, 0.2) is 110 Å². The van der Waals surface area contributed by atoms with Gasteiger partial charge in [-0.15, -0.1) is 6.58 Å². The van der Waals surface area contributed by atoms with Crippen molar-refractivity contribution in [1.29, 1.82) is 0 Å². The summed E-state index contributed by atoms with van der Waals surface area (Å²) in [5, 5.41) is 0. The molecule has 0 aliphatic carbocycles. The number of allylic oxidation sites excluding steroid dienone is 10. The summed E-state index contributed by atoms with van der Waals surface area (Å²) < 4.78 is 7.52. The van der Waals surface area contributed by atoms with Gasteiger partial charge in [-0.1, -0.05) is 111 Å². The fourth-order valence-electron chi connectivity index (χ4n) is 2.00. The van der Waals surface area contributed by atoms with Gasteiger partial charge in [-0.25, -0.2) is 0 Å². The van der Waals surface area contributed by atoms with E-state index < -0.39 is 0 Å². The zero-order valence-corrected chi connectivity index (χ0v) is 21.4. The number of hydrogen-bond donors (Lipinski definition) is 0. The lowest BCUT2D eigenvalue weighted by Crippen LogP contribution is -1.94. The Bertz CT molecular complexity index is 625. The molecule has 0 amide bonds. The van der Waals surface area contributed by atoms with Crippen LogP contribution in [0.5, 0.6) is 0 Å². The van der Waals surface area contributed by atoms with Gasteiger partial charge in [-0.3, -0.25) is 0 Å². The minimum atomic E-state index is -0.147. The van der Waals surface area contributed by atoms with Crippen LogP contribution >= 0.6 is 0 Å². The molecule has 0 saturated heterocycles. The summed E-state index contributed by atoms with van der Waals surface area (Å²) in [4.78, 5) is 0. The van der Waals surface area contributed by atoms with Crippen LogP contribution in [0.4, 0.5) is 0 Å². The molecule has 0 heteroatoms. The van der Waals surface area contributed by atoms with Crippen molar-refractivity contribution in [2.24, 2.45) is 5.92 Å². The summed E-state index contributed by atoms with van der Waals surface area (Å²) >= 11 is 0. The molecule has 0 fully saturated rings. The van der Waals surface area contributed by atoms with Crippen LogP contribution in [-0.4, -0.2) is 0 Å². The van der Waals surface area contributed by atoms with Gasteiger partial charge in [0, 0.05) is 1.37 Å². The molecule has 0 bridgehead atoms. The third kappa shape index (κ3) is 29.9. The Labute approximate surface area is 197 Å². The Morgan fingerprint density at radius 1 is 0.774 bits per heavy atom. The quantitative estimate of drug-likeness (QED) is 0.192. The second kappa shape index (κ2) is 22.3. The van der Waals surface area contributed by atoms with E-state index in [0.29, 0.717) is 5.92 Å². The summed E-state index contributed by atoms with van der Waals surface area (Å²) in [6.45, 7) is 40.3. The van der Waals surface area contributed by atoms with Gasteiger partial charge >= 0.3 is 0 Å². The van der Waals surface area contributed by atoms with Crippen molar-refractivity contribution in [3.63, 3.8) is 0 Å². The van der Waals surface area contributed by atoms with Crippen molar-refractivity contribution in [3.05, 3.63) is 110 Å². The van der Waals surface area contributed by atoms with Crippen LogP contribution in [0.1, 0.15) is 80.9 Å². The molecule has 0 aliphatic heterocycles. The Morgan fingerprint density at radius 2 is 1.23 bits per heavy atom. The van der Waals surface area contributed by atoms with E-state index in [9.17, 15) is 0 Å². The van der Waals surface area contributed by atoms with Gasteiger partial charge in [-0.05, 0) is 78.5 Å². The van der Waals surface area contributed by atoms with E-state index in [0.717, 1.165) is 60.8 Å². The molecule has 2 atom stereocenters. The van der Waals surface area contributed by atoms with Gasteiger partial charge < -0.3 is 0 Å². The second-order valence-electron chi connectivity index (χ2n) is 8.28. The molecule has 0 nitrogen and oxygen atoms in total. The lowest BCUT2D eigenvalue weighted by molar-refractivity contribution is 0.617. The van der Waals surface area contributed by atoms with E-state index >= 15 is 0 Å². The molecule has 0 N–H and O–H groups in total. The van der Waals surface area contributed by atoms with Crippen LogP contribution in [-0.2, 0) is 0 Å². The zero-order chi connectivity index (χ0) is 25.7. The van der Waals surface area contributed by atoms with E-state index in [1.54, 1.807) is 6.08 Å². The molecule has 0 radical (unpaired) electrons. The first-order valence-corrected chi connectivity index (χ1v) is 11.1. The van der Waals surface area contributed by atoms with Gasteiger partial charge in [0.2, 0.25) is 0 Å². The first-order valence-electron chi connectivity index (χ1n) is 11.7. The highest BCUT2D eigenvalue weighted by molar-refractivity contribution is 5.12. The first-order chi connectivity index (χ1) is 14.8. The largest absolute Gasteiger partial charge is 0.100 e. The molecule has 0 aromatic rings. The molecule has 0 aromatic carbocycles. The van der Waals surface area contributed by atoms with Crippen LogP contribution in [0.25, 0.3) is 0 Å². The van der Waals surface area contributed by atoms with Gasteiger partial charge in [-0.2, -0.15) is 0 Å². The highest BCUT2D eigenvalue weighted by atomic mass is 14.1. The Kier molecular flexibility index (Phi) is 22.2. The summed E-state index contributed by atoms with van der Waals surface area (Å²) in [5.74, 6) is 0.603. The van der Waals surface area contributed by atoms with E-state index in [1.807, 2.05) is 19.1 Å². The van der Waals surface area contributed by atoms with Crippen LogP contribution < -0.4 is 0 Å². The highest BCUT2D eigenvalue weighted by Crippen LogP contribution is 2.16. The van der Waals surface area contributed by atoms with Crippen molar-refractivity contribution < 1.29 is 1.37 Å². The summed E-state index contributed by atoms with van der Waals surface area (Å²) in [6.07, 6.45) is 13.4. The molecule has 0 saturated carbocycles. The monoisotopic (exact) mass is 423 g/mol. The van der Waals surface area contributed by atoms with Crippen LogP contribution in [0.3, 0.4) is 0 Å². The molecule has 0 heterocycles. The minimum absolute atomic E-state index is 0.147. The standard InChI is InChI=1S/C11H18.2C10H16/c1-6-10(4)7-8-11(5)9(2)3;2*1-5-10(4)8-6-7-9(2)3/h6,11H,1-2,4,7-8H2,3,5H3;5,7H,1,4,6,8H2,2-3H3;5H,1-2,4,6-8H2,3H3/i;;7D. The molecular formula is C31H50. The van der Waals surface area contributed by atoms with Crippen LogP contribution in [0, 0.1) is 5.92 Å². The Hall–Kier alpha value is -2.34. The SMILES string of the molecule is C=CC(=C)CCC(C)C(=C)C.C=CC(=C)CCC=C(C)C.[2H]C(CCC(=C)C=C)C(=C)C.